The summed E-state index contributed by atoms with van der Waals surface area (Å²) in [5.41, 5.74) is 4.96. The van der Waals surface area contributed by atoms with Gasteiger partial charge in [-0.1, -0.05) is 41.4 Å². The number of para-hydroxylation sites is 1. The molecule has 0 aliphatic carbocycles. The Morgan fingerprint density at radius 3 is 2.54 bits per heavy atom. The zero-order chi connectivity index (χ0) is 24.5. The topological polar surface area (TPSA) is 75.2 Å². The second kappa shape index (κ2) is 9.49. The van der Waals surface area contributed by atoms with Gasteiger partial charge in [-0.2, -0.15) is 0 Å². The molecule has 5 rings (SSSR count). The molecule has 0 spiro atoms. The number of carbonyl (C=O) groups is 2. The maximum Gasteiger partial charge on any atom is 0.258 e. The lowest BCUT2D eigenvalue weighted by Gasteiger charge is -2.23. The number of rotatable bonds is 3. The van der Waals surface area contributed by atoms with Crippen molar-refractivity contribution in [2.24, 2.45) is 0 Å². The molecule has 4 aromatic rings. The van der Waals surface area contributed by atoms with Gasteiger partial charge < -0.3 is 10.2 Å². The molecular weight excluding hydrogens is 483 g/mol. The lowest BCUT2D eigenvalue weighted by atomic mass is 10.0. The van der Waals surface area contributed by atoms with Crippen LogP contribution in [0.25, 0.3) is 11.3 Å². The number of hydrogen-bond donors (Lipinski definition) is 1. The number of fused-ring (bicyclic) bond motifs is 3. The first-order chi connectivity index (χ1) is 16.9. The second-order valence-electron chi connectivity index (χ2n) is 8.17. The second-order valence-corrected chi connectivity index (χ2v) is 9.01. The fourth-order valence-electron chi connectivity index (χ4n) is 4.11. The Bertz CT molecular complexity index is 1450. The van der Waals surface area contributed by atoms with Crippen molar-refractivity contribution in [3.8, 4) is 11.3 Å². The molecule has 0 bridgehead atoms. The molecule has 2 amide bonds. The number of nitrogens with zero attached hydrogens (tertiary/aromatic N) is 3. The number of aryl methyl sites for hydroxylation is 1. The maximum absolute atomic E-state index is 13.5. The minimum atomic E-state index is -0.360. The number of amides is 2. The van der Waals surface area contributed by atoms with Crippen LogP contribution in [0, 0.1) is 6.92 Å². The van der Waals surface area contributed by atoms with E-state index in [9.17, 15) is 9.59 Å². The first-order valence-electron chi connectivity index (χ1n) is 11.0. The van der Waals surface area contributed by atoms with E-state index in [0.29, 0.717) is 40.6 Å². The van der Waals surface area contributed by atoms with Gasteiger partial charge in [0.05, 0.1) is 22.0 Å². The fourth-order valence-corrected chi connectivity index (χ4v) is 4.60. The van der Waals surface area contributed by atoms with E-state index in [1.807, 2.05) is 37.4 Å². The van der Waals surface area contributed by atoms with Gasteiger partial charge in [-0.3, -0.25) is 9.59 Å². The van der Waals surface area contributed by atoms with Crippen LogP contribution >= 0.6 is 23.2 Å². The van der Waals surface area contributed by atoms with Crippen LogP contribution in [0.4, 0.5) is 11.4 Å². The van der Waals surface area contributed by atoms with Crippen molar-refractivity contribution in [1.82, 2.24) is 9.97 Å². The highest BCUT2D eigenvalue weighted by atomic mass is 35.5. The van der Waals surface area contributed by atoms with E-state index in [4.69, 9.17) is 23.2 Å². The number of benzene rings is 3. The molecule has 174 valence electrons. The number of halogens is 2. The number of carbonyl (C=O) groups excluding carboxylic acids is 2. The SMILES string of the molecule is Cc1ncc2c(n1)-c1ccccc1N(C(=O)c1ccc(NC(=O)c3ccc(Cl)cc3Cl)cc1)CC2. The third kappa shape index (κ3) is 4.63. The van der Waals surface area contributed by atoms with E-state index in [1.54, 1.807) is 41.3 Å². The van der Waals surface area contributed by atoms with Crippen LogP contribution in [0.1, 0.15) is 32.1 Å². The van der Waals surface area contributed by atoms with E-state index < -0.39 is 0 Å². The molecule has 0 unspecified atom stereocenters. The summed E-state index contributed by atoms with van der Waals surface area (Å²) in [5, 5.41) is 3.52. The molecule has 0 atom stereocenters. The van der Waals surface area contributed by atoms with Crippen molar-refractivity contribution in [1.29, 1.82) is 0 Å². The highest BCUT2D eigenvalue weighted by Gasteiger charge is 2.26. The van der Waals surface area contributed by atoms with Crippen LogP contribution in [0.3, 0.4) is 0 Å². The van der Waals surface area contributed by atoms with Crippen molar-refractivity contribution in [3.05, 3.63) is 105 Å². The van der Waals surface area contributed by atoms with Crippen molar-refractivity contribution in [2.45, 2.75) is 13.3 Å². The zero-order valence-corrected chi connectivity index (χ0v) is 20.3. The molecule has 8 heteroatoms. The Hall–Kier alpha value is -3.74. The Balaban J connectivity index is 1.39. The van der Waals surface area contributed by atoms with Gasteiger partial charge in [0, 0.05) is 34.6 Å². The average molecular weight is 503 g/mol. The molecule has 0 saturated carbocycles. The Kier molecular flexibility index (Phi) is 6.24. The minimum Gasteiger partial charge on any atom is -0.322 e. The van der Waals surface area contributed by atoms with E-state index in [-0.39, 0.29) is 16.8 Å². The highest BCUT2D eigenvalue weighted by molar-refractivity contribution is 6.37. The van der Waals surface area contributed by atoms with Gasteiger partial charge in [0.1, 0.15) is 5.82 Å². The molecule has 0 radical (unpaired) electrons. The summed E-state index contributed by atoms with van der Waals surface area (Å²) in [6, 6.07) is 19.3. The predicted octanol–water partition coefficient (Wildman–Crippen LogP) is 6.21. The third-order valence-corrected chi connectivity index (χ3v) is 6.40. The van der Waals surface area contributed by atoms with Gasteiger partial charge in [-0.15, -0.1) is 0 Å². The zero-order valence-electron chi connectivity index (χ0n) is 18.8. The third-order valence-electron chi connectivity index (χ3n) is 5.85. The normalized spacial score (nSPS) is 12.4. The quantitative estimate of drug-likeness (QED) is 0.361. The highest BCUT2D eigenvalue weighted by Crippen LogP contribution is 2.35. The van der Waals surface area contributed by atoms with Crippen LogP contribution in [0.2, 0.25) is 10.0 Å². The smallest absolute Gasteiger partial charge is 0.258 e. The fraction of sp³-hybridized carbons (Fsp3) is 0.111. The monoisotopic (exact) mass is 502 g/mol. The van der Waals surface area contributed by atoms with E-state index in [2.05, 4.69) is 15.3 Å². The van der Waals surface area contributed by atoms with Crippen molar-refractivity contribution >= 4 is 46.4 Å². The Morgan fingerprint density at radius 1 is 1.00 bits per heavy atom. The molecule has 2 heterocycles. The molecule has 0 fully saturated rings. The van der Waals surface area contributed by atoms with Gasteiger partial charge in [-0.25, -0.2) is 9.97 Å². The van der Waals surface area contributed by atoms with Gasteiger partial charge in [-0.05, 0) is 67.4 Å². The van der Waals surface area contributed by atoms with Gasteiger partial charge in [0.2, 0.25) is 0 Å². The van der Waals surface area contributed by atoms with Gasteiger partial charge in [0.25, 0.3) is 11.8 Å². The van der Waals surface area contributed by atoms with Crippen LogP contribution in [0.5, 0.6) is 0 Å². The molecule has 1 N–H and O–H groups in total. The van der Waals surface area contributed by atoms with Crippen LogP contribution in [-0.4, -0.2) is 28.3 Å². The maximum atomic E-state index is 13.5. The van der Waals surface area contributed by atoms with Crippen molar-refractivity contribution < 1.29 is 9.59 Å². The van der Waals surface area contributed by atoms with E-state index >= 15 is 0 Å². The van der Waals surface area contributed by atoms with E-state index in [0.717, 1.165) is 22.5 Å². The minimum absolute atomic E-state index is 0.131. The van der Waals surface area contributed by atoms with Crippen LogP contribution < -0.4 is 10.2 Å². The van der Waals surface area contributed by atoms with Crippen molar-refractivity contribution in [3.63, 3.8) is 0 Å². The van der Waals surface area contributed by atoms with Crippen molar-refractivity contribution in [2.75, 3.05) is 16.8 Å². The number of nitrogens with one attached hydrogen (secondary N) is 1. The number of hydrogen-bond acceptors (Lipinski definition) is 4. The number of aromatic nitrogens is 2. The lowest BCUT2D eigenvalue weighted by molar-refractivity contribution is 0.0986. The van der Waals surface area contributed by atoms with Gasteiger partial charge in [0.15, 0.2) is 0 Å². The Morgan fingerprint density at radius 2 is 1.77 bits per heavy atom. The molecule has 6 nitrogen and oxygen atoms in total. The summed E-state index contributed by atoms with van der Waals surface area (Å²) >= 11 is 12.0. The molecule has 0 saturated heterocycles. The average Bonchev–Trinajstić information content (AvgIpc) is 3.01. The standard InChI is InChI=1S/C27H20Cl2N4O2/c1-16-30-15-18-12-13-33(24-5-3-2-4-22(24)25(18)31-16)27(35)17-6-9-20(10-7-17)32-26(34)21-11-8-19(28)14-23(21)29/h2-11,14-15H,12-13H2,1H3,(H,32,34). The molecule has 35 heavy (non-hydrogen) atoms. The van der Waals surface area contributed by atoms with E-state index in [1.165, 1.54) is 6.07 Å². The lowest BCUT2D eigenvalue weighted by Crippen LogP contribution is -2.32. The summed E-state index contributed by atoms with van der Waals surface area (Å²) < 4.78 is 0. The van der Waals surface area contributed by atoms with Crippen LogP contribution in [0.15, 0.2) is 72.9 Å². The molecule has 1 aliphatic heterocycles. The summed E-state index contributed by atoms with van der Waals surface area (Å²) in [6.07, 6.45) is 2.48. The molecule has 1 aliphatic rings. The number of anilines is 2. The molecular formula is C27H20Cl2N4O2. The molecule has 1 aromatic heterocycles. The summed E-state index contributed by atoms with van der Waals surface area (Å²) in [6.45, 7) is 2.36. The first kappa shape index (κ1) is 23.0. The summed E-state index contributed by atoms with van der Waals surface area (Å²) in [5.74, 6) is 0.200. The first-order valence-corrected chi connectivity index (χ1v) is 11.8. The largest absolute Gasteiger partial charge is 0.322 e. The summed E-state index contributed by atoms with van der Waals surface area (Å²) in [7, 11) is 0. The summed E-state index contributed by atoms with van der Waals surface area (Å²) in [4.78, 5) is 36.9. The van der Waals surface area contributed by atoms with Crippen LogP contribution in [-0.2, 0) is 6.42 Å². The Labute approximate surface area is 212 Å². The predicted molar refractivity (Wildman–Crippen MR) is 138 cm³/mol. The molecule has 3 aromatic carbocycles. The van der Waals surface area contributed by atoms with Gasteiger partial charge >= 0.3 is 0 Å².